The summed E-state index contributed by atoms with van der Waals surface area (Å²) >= 11 is 1.82. The Balaban J connectivity index is 2.26. The molecule has 3 heteroatoms. The summed E-state index contributed by atoms with van der Waals surface area (Å²) in [5.74, 6) is 1.48. The number of ether oxygens (including phenoxy) is 1. The van der Waals surface area contributed by atoms with Gasteiger partial charge in [0.25, 0.3) is 0 Å². The van der Waals surface area contributed by atoms with Crippen LogP contribution < -0.4 is 5.73 Å². The molecule has 0 radical (unpaired) electrons. The summed E-state index contributed by atoms with van der Waals surface area (Å²) < 4.78 is 5.06. The molecule has 0 bridgehead atoms. The Bertz CT molecular complexity index is 279. The van der Waals surface area contributed by atoms with E-state index in [-0.39, 0.29) is 6.04 Å². The van der Waals surface area contributed by atoms with Gasteiger partial charge in [-0.1, -0.05) is 25.1 Å². The maximum atomic E-state index is 6.13. The van der Waals surface area contributed by atoms with Gasteiger partial charge in [-0.05, 0) is 24.5 Å². The summed E-state index contributed by atoms with van der Waals surface area (Å²) in [6.07, 6.45) is 1.03. The van der Waals surface area contributed by atoms with E-state index in [0.29, 0.717) is 5.92 Å². The van der Waals surface area contributed by atoms with Crippen LogP contribution in [0.1, 0.15) is 13.3 Å². The van der Waals surface area contributed by atoms with Gasteiger partial charge >= 0.3 is 0 Å². The topological polar surface area (TPSA) is 35.2 Å². The summed E-state index contributed by atoms with van der Waals surface area (Å²) in [6.45, 7) is 2.99. The average Bonchev–Trinajstić information content (AvgIpc) is 2.34. The molecule has 0 aliphatic carbocycles. The molecule has 0 aliphatic heterocycles. The Hall–Kier alpha value is -0.510. The standard InChI is InChI=1S/C13H21NOS/c1-11(8-9-15-2)13(14)10-16-12-6-4-3-5-7-12/h3-7,11,13H,8-10,14H2,1-2H3. The van der Waals surface area contributed by atoms with Crippen LogP contribution in [0.25, 0.3) is 0 Å². The summed E-state index contributed by atoms with van der Waals surface area (Å²) in [4.78, 5) is 1.29. The Morgan fingerprint density at radius 2 is 2.00 bits per heavy atom. The molecule has 0 saturated carbocycles. The molecule has 0 aromatic heterocycles. The minimum absolute atomic E-state index is 0.236. The number of hydrogen-bond donors (Lipinski definition) is 1. The van der Waals surface area contributed by atoms with Crippen LogP contribution in [-0.4, -0.2) is 25.5 Å². The van der Waals surface area contributed by atoms with Gasteiger partial charge in [0, 0.05) is 30.4 Å². The first-order valence-corrected chi connectivity index (χ1v) is 6.65. The van der Waals surface area contributed by atoms with Gasteiger partial charge in [0.2, 0.25) is 0 Å². The lowest BCUT2D eigenvalue weighted by atomic mass is 10.0. The molecule has 0 aliphatic rings. The maximum absolute atomic E-state index is 6.13. The molecule has 0 amide bonds. The Kier molecular flexibility index (Phi) is 6.53. The lowest BCUT2D eigenvalue weighted by Gasteiger charge is -2.19. The van der Waals surface area contributed by atoms with E-state index in [1.807, 2.05) is 17.8 Å². The first kappa shape index (κ1) is 13.6. The number of rotatable bonds is 7. The van der Waals surface area contributed by atoms with Crippen molar-refractivity contribution in [3.05, 3.63) is 30.3 Å². The van der Waals surface area contributed by atoms with Crippen molar-refractivity contribution in [3.8, 4) is 0 Å². The van der Waals surface area contributed by atoms with E-state index in [4.69, 9.17) is 10.5 Å². The average molecular weight is 239 g/mol. The lowest BCUT2D eigenvalue weighted by Crippen LogP contribution is -2.31. The van der Waals surface area contributed by atoms with Crippen LogP contribution in [0, 0.1) is 5.92 Å². The Morgan fingerprint density at radius 1 is 1.31 bits per heavy atom. The third-order valence-corrected chi connectivity index (χ3v) is 3.85. The van der Waals surface area contributed by atoms with Gasteiger partial charge < -0.3 is 10.5 Å². The van der Waals surface area contributed by atoms with Crippen molar-refractivity contribution >= 4 is 11.8 Å². The fourth-order valence-electron chi connectivity index (χ4n) is 1.39. The highest BCUT2D eigenvalue weighted by molar-refractivity contribution is 7.99. The van der Waals surface area contributed by atoms with E-state index in [1.165, 1.54) is 4.90 Å². The van der Waals surface area contributed by atoms with Crippen molar-refractivity contribution in [1.82, 2.24) is 0 Å². The molecule has 2 nitrogen and oxygen atoms in total. The van der Waals surface area contributed by atoms with Crippen LogP contribution >= 0.6 is 11.8 Å². The molecule has 0 fully saturated rings. The third-order valence-electron chi connectivity index (χ3n) is 2.69. The van der Waals surface area contributed by atoms with Crippen LogP contribution in [0.15, 0.2) is 35.2 Å². The zero-order valence-corrected chi connectivity index (χ0v) is 10.9. The minimum atomic E-state index is 0.236. The van der Waals surface area contributed by atoms with Crippen molar-refractivity contribution < 1.29 is 4.74 Å². The molecule has 0 spiro atoms. The lowest BCUT2D eigenvalue weighted by molar-refractivity contribution is 0.176. The van der Waals surface area contributed by atoms with Gasteiger partial charge in [0.05, 0.1) is 0 Å². The zero-order chi connectivity index (χ0) is 11.8. The predicted octanol–water partition coefficient (Wildman–Crippen LogP) is 2.78. The highest BCUT2D eigenvalue weighted by Crippen LogP contribution is 2.20. The first-order chi connectivity index (χ1) is 7.74. The fraction of sp³-hybridized carbons (Fsp3) is 0.538. The van der Waals surface area contributed by atoms with E-state index < -0.39 is 0 Å². The van der Waals surface area contributed by atoms with Gasteiger partial charge in [0.1, 0.15) is 0 Å². The van der Waals surface area contributed by atoms with E-state index in [2.05, 4.69) is 31.2 Å². The van der Waals surface area contributed by atoms with Gasteiger partial charge in [-0.2, -0.15) is 0 Å². The number of nitrogens with two attached hydrogens (primary N) is 1. The van der Waals surface area contributed by atoms with Gasteiger partial charge in [-0.3, -0.25) is 0 Å². The predicted molar refractivity (Wildman–Crippen MR) is 70.8 cm³/mol. The normalized spacial score (nSPS) is 14.7. The second kappa shape index (κ2) is 7.71. The van der Waals surface area contributed by atoms with Crippen molar-refractivity contribution in [2.75, 3.05) is 19.5 Å². The monoisotopic (exact) mass is 239 g/mol. The molecule has 0 heterocycles. The summed E-state index contributed by atoms with van der Waals surface area (Å²) in [7, 11) is 1.73. The van der Waals surface area contributed by atoms with Crippen LogP contribution in [0.3, 0.4) is 0 Å². The van der Waals surface area contributed by atoms with Crippen molar-refractivity contribution in [2.24, 2.45) is 11.7 Å². The number of thioether (sulfide) groups is 1. The highest BCUT2D eigenvalue weighted by atomic mass is 32.2. The molecule has 90 valence electrons. The zero-order valence-electron chi connectivity index (χ0n) is 10.1. The Morgan fingerprint density at radius 3 is 2.62 bits per heavy atom. The second-order valence-electron chi connectivity index (χ2n) is 4.05. The van der Waals surface area contributed by atoms with E-state index >= 15 is 0 Å². The van der Waals surface area contributed by atoms with Gasteiger partial charge in [-0.15, -0.1) is 11.8 Å². The van der Waals surface area contributed by atoms with Crippen LogP contribution in [0.5, 0.6) is 0 Å². The van der Waals surface area contributed by atoms with E-state index in [1.54, 1.807) is 7.11 Å². The molecule has 2 unspecified atom stereocenters. The highest BCUT2D eigenvalue weighted by Gasteiger charge is 2.12. The van der Waals surface area contributed by atoms with Crippen LogP contribution in [0.2, 0.25) is 0 Å². The van der Waals surface area contributed by atoms with Crippen LogP contribution in [-0.2, 0) is 4.74 Å². The molecular formula is C13H21NOS. The molecule has 2 N–H and O–H groups in total. The van der Waals surface area contributed by atoms with Gasteiger partial charge in [0.15, 0.2) is 0 Å². The fourth-order valence-corrected chi connectivity index (χ4v) is 2.45. The molecule has 1 aromatic carbocycles. The van der Waals surface area contributed by atoms with Gasteiger partial charge in [-0.25, -0.2) is 0 Å². The van der Waals surface area contributed by atoms with Crippen molar-refractivity contribution in [2.45, 2.75) is 24.3 Å². The summed E-state index contributed by atoms with van der Waals surface area (Å²) in [5, 5.41) is 0. The van der Waals surface area contributed by atoms with Crippen molar-refractivity contribution in [3.63, 3.8) is 0 Å². The smallest absolute Gasteiger partial charge is 0.0465 e. The minimum Gasteiger partial charge on any atom is -0.385 e. The Labute approximate surface area is 103 Å². The molecule has 16 heavy (non-hydrogen) atoms. The molecule has 1 aromatic rings. The molecule has 1 rings (SSSR count). The number of hydrogen-bond acceptors (Lipinski definition) is 3. The van der Waals surface area contributed by atoms with Crippen LogP contribution in [0.4, 0.5) is 0 Å². The quantitative estimate of drug-likeness (QED) is 0.743. The first-order valence-electron chi connectivity index (χ1n) is 5.66. The maximum Gasteiger partial charge on any atom is 0.0465 e. The number of methoxy groups -OCH3 is 1. The van der Waals surface area contributed by atoms with E-state index in [0.717, 1.165) is 18.8 Å². The molecular weight excluding hydrogens is 218 g/mol. The SMILES string of the molecule is COCCC(C)C(N)CSc1ccccc1. The summed E-state index contributed by atoms with van der Waals surface area (Å²) in [5.41, 5.74) is 6.13. The van der Waals surface area contributed by atoms with E-state index in [9.17, 15) is 0 Å². The van der Waals surface area contributed by atoms with Crippen molar-refractivity contribution in [1.29, 1.82) is 0 Å². The number of benzene rings is 1. The largest absolute Gasteiger partial charge is 0.385 e. The third kappa shape index (κ3) is 5.01. The molecule has 0 saturated heterocycles. The second-order valence-corrected chi connectivity index (χ2v) is 5.14. The summed E-state index contributed by atoms with van der Waals surface area (Å²) in [6, 6.07) is 10.6. The molecule has 2 atom stereocenters.